The lowest BCUT2D eigenvalue weighted by molar-refractivity contribution is -0.151. The molecule has 4 nitrogen and oxygen atoms in total. The number of amides is 1. The molecule has 5 rings (SSSR count). The van der Waals surface area contributed by atoms with Crippen molar-refractivity contribution in [1.29, 1.82) is 0 Å². The number of hydrogen-bond donors (Lipinski definition) is 2. The Morgan fingerprint density at radius 1 is 1.08 bits per heavy atom. The molecule has 4 aliphatic rings. The Kier molecular flexibility index (Phi) is 4.38. The standard InChI is InChI=1S/C20H24BrNO3/c21-16-3-1-12(2-4-16)8-17(18(23)24)22-19(25)20-9-13-5-14(10-20)7-15(6-13)11-20/h1-4,13-15,17H,5-11H2,(H,22,25)(H,23,24)/t13?,14?,15?,17-,20?/m0/s1. The number of aliphatic carboxylic acids is 1. The maximum atomic E-state index is 13.1. The van der Waals surface area contributed by atoms with Gasteiger partial charge in [-0.2, -0.15) is 0 Å². The van der Waals surface area contributed by atoms with Crippen LogP contribution >= 0.6 is 15.9 Å². The van der Waals surface area contributed by atoms with Gasteiger partial charge in [-0.15, -0.1) is 0 Å². The Morgan fingerprint density at radius 2 is 1.60 bits per heavy atom. The molecular formula is C20H24BrNO3. The molecule has 0 spiro atoms. The second-order valence-corrected chi connectivity index (χ2v) is 9.31. The Balaban J connectivity index is 1.47. The lowest BCUT2D eigenvalue weighted by atomic mass is 9.49. The molecule has 2 N–H and O–H groups in total. The van der Waals surface area contributed by atoms with E-state index in [0.717, 1.165) is 29.3 Å². The normalized spacial score (nSPS) is 33.9. The van der Waals surface area contributed by atoms with Crippen LogP contribution in [0, 0.1) is 23.2 Å². The summed E-state index contributed by atoms with van der Waals surface area (Å²) in [7, 11) is 0. The van der Waals surface area contributed by atoms with E-state index >= 15 is 0 Å². The third-order valence-electron chi connectivity index (χ3n) is 6.48. The van der Waals surface area contributed by atoms with Gasteiger partial charge >= 0.3 is 5.97 Å². The first-order valence-corrected chi connectivity index (χ1v) is 10.0. The number of carboxylic acids is 1. The average molecular weight is 406 g/mol. The van der Waals surface area contributed by atoms with Crippen LogP contribution < -0.4 is 5.32 Å². The smallest absolute Gasteiger partial charge is 0.326 e. The topological polar surface area (TPSA) is 66.4 Å². The minimum Gasteiger partial charge on any atom is -0.480 e. The monoisotopic (exact) mass is 405 g/mol. The lowest BCUT2D eigenvalue weighted by Gasteiger charge is -2.55. The first kappa shape index (κ1) is 17.1. The van der Waals surface area contributed by atoms with Crippen LogP contribution in [0.15, 0.2) is 28.7 Å². The van der Waals surface area contributed by atoms with Crippen LogP contribution in [0.4, 0.5) is 0 Å². The maximum absolute atomic E-state index is 13.1. The molecule has 1 atom stereocenters. The van der Waals surface area contributed by atoms with Gasteiger partial charge in [-0.3, -0.25) is 4.79 Å². The van der Waals surface area contributed by atoms with E-state index < -0.39 is 12.0 Å². The molecule has 0 unspecified atom stereocenters. The number of nitrogens with one attached hydrogen (secondary N) is 1. The second-order valence-electron chi connectivity index (χ2n) is 8.39. The predicted octanol–water partition coefficient (Wildman–Crippen LogP) is 3.78. The molecule has 25 heavy (non-hydrogen) atoms. The van der Waals surface area contributed by atoms with Crippen molar-refractivity contribution in [1.82, 2.24) is 5.32 Å². The summed E-state index contributed by atoms with van der Waals surface area (Å²) in [5.74, 6) is 1.04. The molecule has 0 saturated heterocycles. The van der Waals surface area contributed by atoms with Gasteiger partial charge in [0.2, 0.25) is 5.91 Å². The van der Waals surface area contributed by atoms with Crippen molar-refractivity contribution in [2.75, 3.05) is 0 Å². The van der Waals surface area contributed by atoms with Gasteiger partial charge in [0.05, 0.1) is 0 Å². The van der Waals surface area contributed by atoms with Gasteiger partial charge < -0.3 is 10.4 Å². The van der Waals surface area contributed by atoms with Gasteiger partial charge in [0.25, 0.3) is 0 Å². The van der Waals surface area contributed by atoms with Crippen molar-refractivity contribution >= 4 is 27.8 Å². The van der Waals surface area contributed by atoms with Crippen LogP contribution in [0.3, 0.4) is 0 Å². The number of carbonyl (C=O) groups is 2. The van der Waals surface area contributed by atoms with E-state index in [4.69, 9.17) is 0 Å². The van der Waals surface area contributed by atoms with Gasteiger partial charge in [0.1, 0.15) is 6.04 Å². The summed E-state index contributed by atoms with van der Waals surface area (Å²) < 4.78 is 0.959. The summed E-state index contributed by atoms with van der Waals surface area (Å²) in [6.07, 6.45) is 7.00. The molecule has 1 aromatic rings. The second kappa shape index (κ2) is 6.42. The van der Waals surface area contributed by atoms with Crippen LogP contribution in [0.5, 0.6) is 0 Å². The van der Waals surface area contributed by atoms with Crippen molar-refractivity contribution in [2.45, 2.75) is 51.0 Å². The zero-order chi connectivity index (χ0) is 17.6. The number of rotatable bonds is 5. The van der Waals surface area contributed by atoms with Crippen LogP contribution in [0.2, 0.25) is 0 Å². The number of benzene rings is 1. The molecular weight excluding hydrogens is 382 g/mol. The molecule has 1 aromatic carbocycles. The van der Waals surface area contributed by atoms with Crippen LogP contribution in [-0.2, 0) is 16.0 Å². The third-order valence-corrected chi connectivity index (χ3v) is 7.01. The largest absolute Gasteiger partial charge is 0.480 e. The zero-order valence-corrected chi connectivity index (χ0v) is 15.8. The van der Waals surface area contributed by atoms with Crippen LogP contribution in [0.1, 0.15) is 44.1 Å². The molecule has 4 fully saturated rings. The molecule has 4 aliphatic carbocycles. The van der Waals surface area contributed by atoms with Gasteiger partial charge in [0.15, 0.2) is 0 Å². The SMILES string of the molecule is O=C(O)[C@H](Cc1ccc(Br)cc1)NC(=O)C12CC3CC(CC(C3)C1)C2. The quantitative estimate of drug-likeness (QED) is 0.782. The van der Waals surface area contributed by atoms with E-state index in [1.807, 2.05) is 24.3 Å². The Hall–Kier alpha value is -1.36. The summed E-state index contributed by atoms with van der Waals surface area (Å²) in [6, 6.07) is 6.74. The van der Waals surface area contributed by atoms with Gasteiger partial charge in [-0.25, -0.2) is 4.79 Å². The van der Waals surface area contributed by atoms with E-state index in [2.05, 4.69) is 21.2 Å². The van der Waals surface area contributed by atoms with E-state index in [1.165, 1.54) is 19.3 Å². The highest BCUT2D eigenvalue weighted by Crippen LogP contribution is 2.60. The number of carbonyl (C=O) groups excluding carboxylic acids is 1. The highest BCUT2D eigenvalue weighted by Gasteiger charge is 2.54. The van der Waals surface area contributed by atoms with Crippen molar-refractivity contribution in [3.05, 3.63) is 34.3 Å². The fourth-order valence-corrected chi connectivity index (χ4v) is 6.02. The lowest BCUT2D eigenvalue weighted by Crippen LogP contribution is -2.56. The highest BCUT2D eigenvalue weighted by atomic mass is 79.9. The first-order chi connectivity index (χ1) is 11.9. The Labute approximate surface area is 156 Å². The molecule has 4 bridgehead atoms. The van der Waals surface area contributed by atoms with E-state index in [1.54, 1.807) is 0 Å². The summed E-state index contributed by atoms with van der Waals surface area (Å²) in [5, 5.41) is 12.5. The van der Waals surface area contributed by atoms with E-state index in [-0.39, 0.29) is 11.3 Å². The predicted molar refractivity (Wildman–Crippen MR) is 98.0 cm³/mol. The van der Waals surface area contributed by atoms with E-state index in [9.17, 15) is 14.7 Å². The number of carboxylic acid groups (broad SMARTS) is 1. The van der Waals surface area contributed by atoms with Gasteiger partial charge in [0, 0.05) is 16.3 Å². The van der Waals surface area contributed by atoms with Crippen LogP contribution in [-0.4, -0.2) is 23.0 Å². The molecule has 0 aliphatic heterocycles. The third kappa shape index (κ3) is 3.35. The highest BCUT2D eigenvalue weighted by molar-refractivity contribution is 9.10. The van der Waals surface area contributed by atoms with Crippen molar-refractivity contribution in [3.63, 3.8) is 0 Å². The molecule has 134 valence electrons. The van der Waals surface area contributed by atoms with Crippen molar-refractivity contribution in [3.8, 4) is 0 Å². The number of halogens is 1. The Bertz CT molecular complexity index is 649. The molecule has 0 radical (unpaired) electrons. The summed E-state index contributed by atoms with van der Waals surface area (Å²) >= 11 is 3.39. The van der Waals surface area contributed by atoms with Gasteiger partial charge in [-0.05, 0) is 74.0 Å². The maximum Gasteiger partial charge on any atom is 0.326 e. The summed E-state index contributed by atoms with van der Waals surface area (Å²) in [6.45, 7) is 0. The van der Waals surface area contributed by atoms with E-state index in [0.29, 0.717) is 24.2 Å². The van der Waals surface area contributed by atoms with Crippen LogP contribution in [0.25, 0.3) is 0 Å². The molecule has 1 amide bonds. The zero-order valence-electron chi connectivity index (χ0n) is 14.2. The Morgan fingerprint density at radius 3 is 2.08 bits per heavy atom. The van der Waals surface area contributed by atoms with Crippen molar-refractivity contribution in [2.24, 2.45) is 23.2 Å². The van der Waals surface area contributed by atoms with Gasteiger partial charge in [-0.1, -0.05) is 28.1 Å². The first-order valence-electron chi connectivity index (χ1n) is 9.22. The minimum atomic E-state index is -0.957. The molecule has 0 heterocycles. The number of hydrogen-bond acceptors (Lipinski definition) is 2. The molecule has 4 saturated carbocycles. The summed E-state index contributed by atoms with van der Waals surface area (Å²) in [4.78, 5) is 24.8. The van der Waals surface area contributed by atoms with Crippen molar-refractivity contribution < 1.29 is 14.7 Å². The average Bonchev–Trinajstić information content (AvgIpc) is 2.54. The fourth-order valence-electron chi connectivity index (χ4n) is 5.76. The summed E-state index contributed by atoms with van der Waals surface area (Å²) in [5.41, 5.74) is 0.615. The molecule has 0 aromatic heterocycles. The minimum absolute atomic E-state index is 0.0175. The molecule has 5 heteroatoms. The fraction of sp³-hybridized carbons (Fsp3) is 0.600.